The third-order valence-corrected chi connectivity index (χ3v) is 3.22. The number of hydrogen-bond acceptors (Lipinski definition) is 4. The van der Waals surface area contributed by atoms with E-state index in [0.29, 0.717) is 16.8 Å². The third-order valence-electron chi connectivity index (χ3n) is 3.22. The summed E-state index contributed by atoms with van der Waals surface area (Å²) in [7, 11) is 0. The summed E-state index contributed by atoms with van der Waals surface area (Å²) in [6.45, 7) is 1.69. The van der Waals surface area contributed by atoms with E-state index < -0.39 is 0 Å². The highest BCUT2D eigenvalue weighted by Crippen LogP contribution is 2.25. The predicted molar refractivity (Wildman–Crippen MR) is 84.1 cm³/mol. The van der Waals surface area contributed by atoms with E-state index in [2.05, 4.69) is 5.32 Å². The molecule has 0 bridgehead atoms. The Morgan fingerprint density at radius 2 is 1.65 bits per heavy atom. The Hall–Kier alpha value is -3.62. The molecule has 2 aromatic rings. The molecule has 5 heteroatoms. The third kappa shape index (κ3) is 3.53. The van der Waals surface area contributed by atoms with Gasteiger partial charge in [-0.1, -0.05) is 24.3 Å². The lowest BCUT2D eigenvalue weighted by Crippen LogP contribution is -2.00. The summed E-state index contributed by atoms with van der Waals surface area (Å²) in [5.74, 6) is -0.297. The molecule has 0 atom stereocenters. The van der Waals surface area contributed by atoms with Crippen molar-refractivity contribution in [2.45, 2.75) is 6.92 Å². The van der Waals surface area contributed by atoms with Crippen molar-refractivity contribution in [1.29, 1.82) is 15.8 Å². The van der Waals surface area contributed by atoms with Crippen molar-refractivity contribution in [2.75, 3.05) is 5.32 Å². The summed E-state index contributed by atoms with van der Waals surface area (Å²) in [6, 6.07) is 17.0. The van der Waals surface area contributed by atoms with E-state index >= 15 is 0 Å². The summed E-state index contributed by atoms with van der Waals surface area (Å²) in [4.78, 5) is 0. The minimum Gasteiger partial charge on any atom is -0.345 e. The summed E-state index contributed by atoms with van der Waals surface area (Å²) in [6.07, 6.45) is 0. The first-order chi connectivity index (χ1) is 11.1. The van der Waals surface area contributed by atoms with Gasteiger partial charge < -0.3 is 5.32 Å². The number of rotatable bonds is 3. The number of benzene rings is 2. The summed E-state index contributed by atoms with van der Waals surface area (Å²) < 4.78 is 13.7. The zero-order chi connectivity index (χ0) is 16.8. The monoisotopic (exact) mass is 302 g/mol. The molecule has 0 heterocycles. The van der Waals surface area contributed by atoms with E-state index in [4.69, 9.17) is 15.8 Å². The Morgan fingerprint density at radius 1 is 0.957 bits per heavy atom. The molecule has 4 nitrogen and oxygen atoms in total. The van der Waals surface area contributed by atoms with E-state index in [1.807, 2.05) is 0 Å². The Labute approximate surface area is 133 Å². The van der Waals surface area contributed by atoms with Gasteiger partial charge in [-0.2, -0.15) is 15.8 Å². The molecule has 1 N–H and O–H groups in total. The number of allylic oxidation sites excluding steroid dienone is 2. The fourth-order valence-corrected chi connectivity index (χ4v) is 1.98. The lowest BCUT2D eigenvalue weighted by Gasteiger charge is -2.08. The maximum absolute atomic E-state index is 13.7. The van der Waals surface area contributed by atoms with Crippen molar-refractivity contribution in [3.05, 3.63) is 65.1 Å². The van der Waals surface area contributed by atoms with Gasteiger partial charge >= 0.3 is 0 Å². The van der Waals surface area contributed by atoms with Crippen LogP contribution in [0.1, 0.15) is 5.56 Å². The van der Waals surface area contributed by atoms with Crippen LogP contribution in [0.15, 0.2) is 53.7 Å². The average molecular weight is 302 g/mol. The quantitative estimate of drug-likeness (QED) is 0.867. The summed E-state index contributed by atoms with van der Waals surface area (Å²) in [5, 5.41) is 29.5. The molecule has 0 aromatic heterocycles. The van der Waals surface area contributed by atoms with Gasteiger partial charge in [0.15, 0.2) is 5.57 Å². The lowest BCUT2D eigenvalue weighted by atomic mass is 10.0. The topological polar surface area (TPSA) is 83.4 Å². The summed E-state index contributed by atoms with van der Waals surface area (Å²) >= 11 is 0. The van der Waals surface area contributed by atoms with Crippen molar-refractivity contribution < 1.29 is 4.39 Å². The van der Waals surface area contributed by atoms with E-state index in [1.54, 1.807) is 61.5 Å². The molecular formula is C18H11FN4. The van der Waals surface area contributed by atoms with Crippen LogP contribution < -0.4 is 5.32 Å². The second-order valence-corrected chi connectivity index (χ2v) is 4.76. The van der Waals surface area contributed by atoms with Gasteiger partial charge in [-0.3, -0.25) is 0 Å². The molecular weight excluding hydrogens is 291 g/mol. The largest absolute Gasteiger partial charge is 0.345 e. The highest BCUT2D eigenvalue weighted by Gasteiger charge is 2.07. The maximum atomic E-state index is 13.7. The van der Waals surface area contributed by atoms with Gasteiger partial charge in [0.05, 0.1) is 0 Å². The number of aryl methyl sites for hydroxylation is 1. The molecule has 0 amide bonds. The lowest BCUT2D eigenvalue weighted by molar-refractivity contribution is 0.619. The van der Waals surface area contributed by atoms with Crippen LogP contribution in [0.5, 0.6) is 0 Å². The summed E-state index contributed by atoms with van der Waals surface area (Å²) in [5.41, 5.74) is 2.12. The minimum absolute atomic E-state index is 0.123. The van der Waals surface area contributed by atoms with Gasteiger partial charge in [0.2, 0.25) is 0 Å². The molecule has 2 rings (SSSR count). The first kappa shape index (κ1) is 15.8. The van der Waals surface area contributed by atoms with Gasteiger partial charge in [0, 0.05) is 5.69 Å². The molecule has 110 valence electrons. The molecule has 23 heavy (non-hydrogen) atoms. The van der Waals surface area contributed by atoms with E-state index in [0.717, 1.165) is 5.56 Å². The Bertz CT molecular complexity index is 892. The van der Waals surface area contributed by atoms with Crippen LogP contribution in [0.25, 0.3) is 11.1 Å². The van der Waals surface area contributed by atoms with Crippen LogP contribution in [-0.4, -0.2) is 0 Å². The van der Waals surface area contributed by atoms with Crippen molar-refractivity contribution in [3.63, 3.8) is 0 Å². The van der Waals surface area contributed by atoms with Crippen LogP contribution in [0.4, 0.5) is 10.1 Å². The zero-order valence-electron chi connectivity index (χ0n) is 12.3. The number of nitrogens with zero attached hydrogens (tertiary/aromatic N) is 3. The second-order valence-electron chi connectivity index (χ2n) is 4.76. The zero-order valence-corrected chi connectivity index (χ0v) is 12.3. The molecule has 0 aliphatic heterocycles. The second kappa shape index (κ2) is 6.89. The van der Waals surface area contributed by atoms with Crippen molar-refractivity contribution in [1.82, 2.24) is 0 Å². The van der Waals surface area contributed by atoms with E-state index in [-0.39, 0.29) is 17.1 Å². The van der Waals surface area contributed by atoms with Crippen molar-refractivity contribution in [3.8, 4) is 29.3 Å². The van der Waals surface area contributed by atoms with Gasteiger partial charge in [-0.05, 0) is 41.8 Å². The molecule has 0 saturated carbocycles. The molecule has 0 spiro atoms. The highest BCUT2D eigenvalue weighted by molar-refractivity contribution is 5.70. The SMILES string of the molecule is Cc1ccc(-c2cccc(NC(C#N)=C(C#N)C#N)c2)cc1F. The van der Waals surface area contributed by atoms with Crippen LogP contribution in [0.3, 0.4) is 0 Å². The minimum atomic E-state index is -0.297. The molecule has 0 unspecified atom stereocenters. The van der Waals surface area contributed by atoms with Crippen molar-refractivity contribution >= 4 is 5.69 Å². The number of hydrogen-bond donors (Lipinski definition) is 1. The number of halogens is 1. The Balaban J connectivity index is 2.40. The Kier molecular flexibility index (Phi) is 4.72. The molecule has 0 radical (unpaired) electrons. The van der Waals surface area contributed by atoms with Crippen molar-refractivity contribution in [2.24, 2.45) is 0 Å². The normalized spacial score (nSPS) is 9.17. The molecule has 0 saturated heterocycles. The standard InChI is InChI=1S/C18H11FN4/c1-12-5-6-14(8-17(12)19)13-3-2-4-16(7-13)23-18(11-22)15(9-20)10-21/h2-8,23H,1H3. The van der Waals surface area contributed by atoms with Gasteiger partial charge in [-0.25, -0.2) is 4.39 Å². The molecule has 0 aliphatic rings. The highest BCUT2D eigenvalue weighted by atomic mass is 19.1. The van der Waals surface area contributed by atoms with Crippen LogP contribution in [0, 0.1) is 46.7 Å². The number of nitrogens with one attached hydrogen (secondary N) is 1. The van der Waals surface area contributed by atoms with Gasteiger partial charge in [0.25, 0.3) is 0 Å². The fourth-order valence-electron chi connectivity index (χ4n) is 1.98. The molecule has 2 aromatic carbocycles. The van der Waals surface area contributed by atoms with Gasteiger partial charge in [0.1, 0.15) is 29.7 Å². The maximum Gasteiger partial charge on any atom is 0.163 e. The van der Waals surface area contributed by atoms with Crippen LogP contribution >= 0.6 is 0 Å². The average Bonchev–Trinajstić information content (AvgIpc) is 2.57. The van der Waals surface area contributed by atoms with E-state index in [1.165, 1.54) is 6.07 Å². The number of nitriles is 3. The number of anilines is 1. The predicted octanol–water partition coefficient (Wildman–Crippen LogP) is 4.04. The first-order valence-electron chi connectivity index (χ1n) is 6.67. The smallest absolute Gasteiger partial charge is 0.163 e. The fraction of sp³-hybridized carbons (Fsp3) is 0.0556. The van der Waals surface area contributed by atoms with Crippen LogP contribution in [0.2, 0.25) is 0 Å². The molecule has 0 fully saturated rings. The molecule has 0 aliphatic carbocycles. The first-order valence-corrected chi connectivity index (χ1v) is 6.67. The Morgan fingerprint density at radius 3 is 2.26 bits per heavy atom. The van der Waals surface area contributed by atoms with Crippen LogP contribution in [-0.2, 0) is 0 Å². The van der Waals surface area contributed by atoms with E-state index in [9.17, 15) is 4.39 Å². The van der Waals surface area contributed by atoms with Gasteiger partial charge in [-0.15, -0.1) is 0 Å².